The van der Waals surface area contributed by atoms with E-state index in [9.17, 15) is 4.79 Å². The molecule has 0 radical (unpaired) electrons. The summed E-state index contributed by atoms with van der Waals surface area (Å²) < 4.78 is 5.46. The van der Waals surface area contributed by atoms with Crippen LogP contribution in [0.3, 0.4) is 0 Å². The van der Waals surface area contributed by atoms with Crippen LogP contribution in [-0.4, -0.2) is 25.5 Å². The lowest BCUT2D eigenvalue weighted by atomic mass is 10.1. The third-order valence-corrected chi connectivity index (χ3v) is 2.43. The van der Waals surface area contributed by atoms with Crippen molar-refractivity contribution >= 4 is 5.78 Å². The molecule has 3 nitrogen and oxygen atoms in total. The maximum Gasteiger partial charge on any atom is 0.164 e. The quantitative estimate of drug-likeness (QED) is 0.556. The normalized spacial score (nSPS) is 10.2. The maximum absolute atomic E-state index is 11.8. The Labute approximate surface area is 103 Å². The van der Waals surface area contributed by atoms with Crippen LogP contribution >= 0.6 is 0 Å². The molecule has 0 aromatic heterocycles. The Balaban J connectivity index is 2.46. The van der Waals surface area contributed by atoms with Crippen molar-refractivity contribution in [2.45, 2.75) is 26.7 Å². The first-order chi connectivity index (χ1) is 8.27. The topological polar surface area (TPSA) is 38.3 Å². The Hall–Kier alpha value is -1.35. The predicted molar refractivity (Wildman–Crippen MR) is 69.7 cm³/mol. The van der Waals surface area contributed by atoms with E-state index in [4.69, 9.17) is 4.74 Å². The van der Waals surface area contributed by atoms with E-state index in [1.807, 2.05) is 31.2 Å². The number of benzene rings is 1. The highest BCUT2D eigenvalue weighted by Crippen LogP contribution is 2.13. The van der Waals surface area contributed by atoms with E-state index < -0.39 is 0 Å². The lowest BCUT2D eigenvalue weighted by Gasteiger charge is -2.05. The van der Waals surface area contributed by atoms with E-state index >= 15 is 0 Å². The first kappa shape index (κ1) is 13.7. The fourth-order valence-corrected chi connectivity index (χ4v) is 1.48. The average molecular weight is 235 g/mol. The zero-order valence-electron chi connectivity index (χ0n) is 10.7. The Kier molecular flexibility index (Phi) is 6.33. The smallest absolute Gasteiger partial charge is 0.164 e. The summed E-state index contributed by atoms with van der Waals surface area (Å²) in [4.78, 5) is 11.8. The Morgan fingerprint density at radius 2 is 1.94 bits per heavy atom. The first-order valence-electron chi connectivity index (χ1n) is 6.24. The number of nitrogens with one attached hydrogen (secondary N) is 1. The van der Waals surface area contributed by atoms with Crippen LogP contribution in [-0.2, 0) is 0 Å². The van der Waals surface area contributed by atoms with Gasteiger partial charge in [-0.15, -0.1) is 0 Å². The molecule has 0 aliphatic heterocycles. The lowest BCUT2D eigenvalue weighted by Crippen LogP contribution is -2.17. The van der Waals surface area contributed by atoms with Gasteiger partial charge in [-0.25, -0.2) is 0 Å². The van der Waals surface area contributed by atoms with Crippen LogP contribution in [0.1, 0.15) is 37.0 Å². The van der Waals surface area contributed by atoms with Crippen molar-refractivity contribution in [3.8, 4) is 5.75 Å². The third kappa shape index (κ3) is 5.00. The number of carbonyl (C=O) groups is 1. The van der Waals surface area contributed by atoms with Crippen LogP contribution in [0.5, 0.6) is 5.75 Å². The van der Waals surface area contributed by atoms with Crippen LogP contribution in [0, 0.1) is 0 Å². The SMILES string of the molecule is CCCOc1ccc(C(=O)CCNCC)cc1. The van der Waals surface area contributed by atoms with Crippen molar-refractivity contribution in [2.24, 2.45) is 0 Å². The molecule has 17 heavy (non-hydrogen) atoms. The van der Waals surface area contributed by atoms with Crippen molar-refractivity contribution in [1.82, 2.24) is 5.32 Å². The molecule has 1 N–H and O–H groups in total. The van der Waals surface area contributed by atoms with Crippen molar-refractivity contribution in [3.05, 3.63) is 29.8 Å². The standard InChI is InChI=1S/C14H21NO2/c1-3-11-17-13-7-5-12(6-8-13)14(16)9-10-15-4-2/h5-8,15H,3-4,9-11H2,1-2H3. The summed E-state index contributed by atoms with van der Waals surface area (Å²) in [6.45, 7) is 6.46. The van der Waals surface area contributed by atoms with Gasteiger partial charge in [0.25, 0.3) is 0 Å². The third-order valence-electron chi connectivity index (χ3n) is 2.43. The van der Waals surface area contributed by atoms with Crippen molar-refractivity contribution in [3.63, 3.8) is 0 Å². The summed E-state index contributed by atoms with van der Waals surface area (Å²) >= 11 is 0. The summed E-state index contributed by atoms with van der Waals surface area (Å²) in [6.07, 6.45) is 1.53. The molecule has 1 aromatic carbocycles. The van der Waals surface area contributed by atoms with Gasteiger partial charge >= 0.3 is 0 Å². The molecule has 0 atom stereocenters. The van der Waals surface area contributed by atoms with Crippen molar-refractivity contribution in [2.75, 3.05) is 19.7 Å². The second kappa shape index (κ2) is 7.85. The maximum atomic E-state index is 11.8. The van der Waals surface area contributed by atoms with Crippen LogP contribution in [0.2, 0.25) is 0 Å². The molecule has 0 fully saturated rings. The van der Waals surface area contributed by atoms with E-state index in [-0.39, 0.29) is 5.78 Å². The lowest BCUT2D eigenvalue weighted by molar-refractivity contribution is 0.0983. The molecule has 0 saturated carbocycles. The van der Waals surface area contributed by atoms with E-state index in [0.717, 1.165) is 30.8 Å². The summed E-state index contributed by atoms with van der Waals surface area (Å²) in [7, 11) is 0. The number of ketones is 1. The van der Waals surface area contributed by atoms with Crippen LogP contribution in [0.15, 0.2) is 24.3 Å². The number of hydrogen-bond acceptors (Lipinski definition) is 3. The molecule has 0 spiro atoms. The molecular formula is C14H21NO2. The number of carbonyl (C=O) groups excluding carboxylic acids is 1. The van der Waals surface area contributed by atoms with Gasteiger partial charge in [0, 0.05) is 18.5 Å². The highest BCUT2D eigenvalue weighted by molar-refractivity contribution is 5.96. The zero-order valence-corrected chi connectivity index (χ0v) is 10.7. The van der Waals surface area contributed by atoms with Crippen LogP contribution in [0.25, 0.3) is 0 Å². The first-order valence-corrected chi connectivity index (χ1v) is 6.24. The number of Topliss-reactive ketones (excluding diaryl/α,β-unsaturated/α-hetero) is 1. The molecule has 3 heteroatoms. The van der Waals surface area contributed by atoms with Crippen LogP contribution < -0.4 is 10.1 Å². The van der Waals surface area contributed by atoms with Gasteiger partial charge in [0.1, 0.15) is 5.75 Å². The largest absolute Gasteiger partial charge is 0.494 e. The van der Waals surface area contributed by atoms with Gasteiger partial charge in [0.2, 0.25) is 0 Å². The van der Waals surface area contributed by atoms with Gasteiger partial charge in [-0.05, 0) is 37.2 Å². The Morgan fingerprint density at radius 3 is 2.53 bits per heavy atom. The van der Waals surface area contributed by atoms with E-state index in [1.165, 1.54) is 0 Å². The Bertz CT molecular complexity index is 333. The zero-order chi connectivity index (χ0) is 12.5. The van der Waals surface area contributed by atoms with E-state index in [2.05, 4.69) is 12.2 Å². The second-order valence-electron chi connectivity index (χ2n) is 3.90. The molecule has 1 rings (SSSR count). The predicted octanol–water partition coefficient (Wildman–Crippen LogP) is 2.66. The minimum Gasteiger partial charge on any atom is -0.494 e. The minimum absolute atomic E-state index is 0.174. The van der Waals surface area contributed by atoms with E-state index in [0.29, 0.717) is 13.0 Å². The molecular weight excluding hydrogens is 214 g/mol. The van der Waals surface area contributed by atoms with Crippen molar-refractivity contribution < 1.29 is 9.53 Å². The summed E-state index contributed by atoms with van der Waals surface area (Å²) in [5.74, 6) is 1.00. The summed E-state index contributed by atoms with van der Waals surface area (Å²) in [6, 6.07) is 7.38. The average Bonchev–Trinajstić information content (AvgIpc) is 2.37. The molecule has 0 saturated heterocycles. The highest BCUT2D eigenvalue weighted by Gasteiger charge is 2.05. The van der Waals surface area contributed by atoms with Gasteiger partial charge < -0.3 is 10.1 Å². The van der Waals surface area contributed by atoms with Gasteiger partial charge in [0.05, 0.1) is 6.61 Å². The minimum atomic E-state index is 0.174. The molecule has 0 aliphatic rings. The molecule has 0 aliphatic carbocycles. The summed E-state index contributed by atoms with van der Waals surface area (Å²) in [5.41, 5.74) is 0.756. The highest BCUT2D eigenvalue weighted by atomic mass is 16.5. The molecule has 94 valence electrons. The monoisotopic (exact) mass is 235 g/mol. The van der Waals surface area contributed by atoms with Gasteiger partial charge in [0.15, 0.2) is 5.78 Å². The Morgan fingerprint density at radius 1 is 1.24 bits per heavy atom. The van der Waals surface area contributed by atoms with Crippen LogP contribution in [0.4, 0.5) is 0 Å². The molecule has 0 unspecified atom stereocenters. The number of rotatable bonds is 8. The number of ether oxygens (including phenoxy) is 1. The van der Waals surface area contributed by atoms with Gasteiger partial charge in [-0.3, -0.25) is 4.79 Å². The fourth-order valence-electron chi connectivity index (χ4n) is 1.48. The number of hydrogen-bond donors (Lipinski definition) is 1. The second-order valence-corrected chi connectivity index (χ2v) is 3.90. The van der Waals surface area contributed by atoms with Gasteiger partial charge in [-0.1, -0.05) is 13.8 Å². The molecule has 0 amide bonds. The van der Waals surface area contributed by atoms with Gasteiger partial charge in [-0.2, -0.15) is 0 Å². The summed E-state index contributed by atoms with van der Waals surface area (Å²) in [5, 5.41) is 3.14. The fraction of sp³-hybridized carbons (Fsp3) is 0.500. The molecule has 0 bridgehead atoms. The molecule has 1 aromatic rings. The van der Waals surface area contributed by atoms with E-state index in [1.54, 1.807) is 0 Å². The molecule has 0 heterocycles. The van der Waals surface area contributed by atoms with Crippen molar-refractivity contribution in [1.29, 1.82) is 0 Å².